The number of primary amides is 2. The number of amides is 5. The van der Waals surface area contributed by atoms with Crippen LogP contribution in [0, 0.1) is 16.0 Å². The molecule has 1 aliphatic rings. The van der Waals surface area contributed by atoms with Gasteiger partial charge in [-0.15, -0.1) is 0 Å². The van der Waals surface area contributed by atoms with Crippen LogP contribution in [0.1, 0.15) is 78.2 Å². The van der Waals surface area contributed by atoms with Crippen LogP contribution in [-0.2, 0) is 40.2 Å². The summed E-state index contributed by atoms with van der Waals surface area (Å²) in [5, 5.41) is 23.2. The molecule has 0 saturated heterocycles. The van der Waals surface area contributed by atoms with Gasteiger partial charge in [0.25, 0.3) is 24.0 Å². The lowest BCUT2D eigenvalue weighted by Gasteiger charge is -2.14. The summed E-state index contributed by atoms with van der Waals surface area (Å²) in [6, 6.07) is 13.1. The highest BCUT2D eigenvalue weighted by molar-refractivity contribution is 6.12. The Morgan fingerprint density at radius 3 is 1.88 bits per heavy atom. The summed E-state index contributed by atoms with van der Waals surface area (Å²) >= 11 is 0. The van der Waals surface area contributed by atoms with E-state index in [4.69, 9.17) is 30.9 Å². The second-order valence-electron chi connectivity index (χ2n) is 11.4. The summed E-state index contributed by atoms with van der Waals surface area (Å²) < 4.78 is 5.59. The van der Waals surface area contributed by atoms with Gasteiger partial charge in [-0.3, -0.25) is 43.8 Å². The number of nitrogens with two attached hydrogens (primary N) is 3. The van der Waals surface area contributed by atoms with E-state index in [-0.39, 0.29) is 54.2 Å². The van der Waals surface area contributed by atoms with E-state index in [1.165, 1.54) is 29.2 Å². The van der Waals surface area contributed by atoms with Crippen LogP contribution in [0.4, 0.5) is 11.4 Å². The van der Waals surface area contributed by atoms with Crippen molar-refractivity contribution in [3.8, 4) is 5.75 Å². The van der Waals surface area contributed by atoms with Crippen molar-refractivity contribution >= 4 is 54.2 Å². The molecule has 0 radical (unpaired) electrons. The third-order valence-electron chi connectivity index (χ3n) is 6.94. The highest BCUT2D eigenvalue weighted by Gasteiger charge is 2.22. The largest absolute Gasteiger partial charge is 0.489 e. The number of nitro groups is 1. The number of aldehydes is 1. The van der Waals surface area contributed by atoms with Crippen LogP contribution in [-0.4, -0.2) is 83.9 Å². The van der Waals surface area contributed by atoms with Crippen molar-refractivity contribution in [2.45, 2.75) is 85.3 Å². The Bertz CT molecular complexity index is 1430. The Kier molecular flexibility index (Phi) is 34.9. The molecule has 9 N–H and O–H groups in total. The average Bonchev–Trinajstić information content (AvgIpc) is 3.49. The predicted octanol–water partition coefficient (Wildman–Crippen LogP) is 3.46. The van der Waals surface area contributed by atoms with Gasteiger partial charge in [0.1, 0.15) is 18.6 Å². The number of ether oxygens (including phenoxy) is 1. The first kappa shape index (κ1) is 54.3. The first-order valence-electron chi connectivity index (χ1n) is 17.9. The molecular weight excluding hydrogens is 730 g/mol. The molecule has 0 saturated carbocycles. The minimum absolute atomic E-state index is 0.0247. The number of non-ortho nitro benzene ring substituents is 1. The zero-order valence-electron chi connectivity index (χ0n) is 32.9. The maximum atomic E-state index is 11.7. The molecule has 3 rings (SSSR count). The van der Waals surface area contributed by atoms with Crippen molar-refractivity contribution in [2.24, 2.45) is 23.1 Å². The zero-order valence-corrected chi connectivity index (χ0v) is 32.9. The monoisotopic (exact) mass is 789 g/mol. The van der Waals surface area contributed by atoms with Crippen LogP contribution in [0.5, 0.6) is 5.75 Å². The molecule has 0 fully saturated rings. The number of anilines is 1. The van der Waals surface area contributed by atoms with E-state index in [2.05, 4.69) is 16.4 Å². The highest BCUT2D eigenvalue weighted by Crippen LogP contribution is 2.19. The minimum atomic E-state index is -0.452. The number of carbonyl (C=O) groups is 7. The van der Waals surface area contributed by atoms with E-state index in [1.54, 1.807) is 19.2 Å². The number of carboxylic acid groups (broad SMARTS) is 1. The average molecular weight is 790 g/mol. The van der Waals surface area contributed by atoms with Crippen LogP contribution in [0.3, 0.4) is 0 Å². The molecule has 56 heavy (non-hydrogen) atoms. The van der Waals surface area contributed by atoms with Crippen molar-refractivity contribution in [3.05, 3.63) is 76.4 Å². The number of rotatable bonds is 18. The fraction of sp³-hybridized carbons (Fsp3) is 0.447. The molecule has 0 aliphatic carbocycles. The molecule has 1 unspecified atom stereocenters. The highest BCUT2D eigenvalue weighted by atomic mass is 16.6. The Morgan fingerprint density at radius 2 is 1.46 bits per heavy atom. The van der Waals surface area contributed by atoms with Crippen molar-refractivity contribution < 1.29 is 48.3 Å². The molecule has 5 amide bonds. The lowest BCUT2D eigenvalue weighted by Crippen LogP contribution is -2.42. The van der Waals surface area contributed by atoms with Gasteiger partial charge in [0.05, 0.1) is 11.0 Å². The van der Waals surface area contributed by atoms with Gasteiger partial charge in [-0.2, -0.15) is 0 Å². The van der Waals surface area contributed by atoms with Crippen molar-refractivity contribution in [2.75, 3.05) is 25.5 Å². The molecular formula is C38H59N7O11. The molecule has 0 bridgehead atoms. The van der Waals surface area contributed by atoms with E-state index < -0.39 is 4.92 Å². The Labute approximate surface area is 328 Å². The summed E-state index contributed by atoms with van der Waals surface area (Å²) in [6.07, 6.45) is 8.81. The number of hydrogen-bond acceptors (Lipinski definition) is 12. The van der Waals surface area contributed by atoms with Crippen LogP contribution >= 0.6 is 0 Å². The predicted molar refractivity (Wildman–Crippen MR) is 213 cm³/mol. The SMILES string of the molecule is CC.CNC(C(N)=O)C(C)C.NC=O.NCCCCC(=O)Nc1ccc(COc2ccc([N+](=O)[O-])cc2)cc1.O=CCCCCCN1C(=O)C=CC1=O.O=CO. The minimum Gasteiger partial charge on any atom is -0.489 e. The van der Waals surface area contributed by atoms with Crippen LogP contribution in [0.2, 0.25) is 0 Å². The third kappa shape index (κ3) is 27.6. The van der Waals surface area contributed by atoms with Gasteiger partial charge in [-0.1, -0.05) is 46.2 Å². The van der Waals surface area contributed by atoms with Crippen LogP contribution < -0.4 is 32.6 Å². The first-order valence-corrected chi connectivity index (χ1v) is 17.9. The first-order chi connectivity index (χ1) is 26.8. The number of nitrogens with zero attached hydrogens (tertiary/aromatic N) is 2. The van der Waals surface area contributed by atoms with E-state index in [0.29, 0.717) is 38.3 Å². The number of imide groups is 1. The lowest BCUT2D eigenvalue weighted by atomic mass is 10.0. The van der Waals surface area contributed by atoms with Gasteiger partial charge >= 0.3 is 0 Å². The molecule has 312 valence electrons. The molecule has 1 aliphatic heterocycles. The zero-order chi connectivity index (χ0) is 43.3. The van der Waals surface area contributed by atoms with E-state index in [1.807, 2.05) is 52.0 Å². The fourth-order valence-electron chi connectivity index (χ4n) is 4.30. The van der Waals surface area contributed by atoms with Crippen molar-refractivity contribution in [1.29, 1.82) is 0 Å². The number of hydrogen-bond donors (Lipinski definition) is 6. The number of nitrogens with one attached hydrogen (secondary N) is 2. The Morgan fingerprint density at radius 1 is 0.929 bits per heavy atom. The molecule has 18 heteroatoms. The molecule has 2 aromatic rings. The quantitative estimate of drug-likeness (QED) is 0.0415. The van der Waals surface area contributed by atoms with E-state index >= 15 is 0 Å². The topological polar surface area (TPSA) is 297 Å². The van der Waals surface area contributed by atoms with Crippen LogP contribution in [0.25, 0.3) is 0 Å². The van der Waals surface area contributed by atoms with Gasteiger partial charge in [0.2, 0.25) is 18.2 Å². The maximum Gasteiger partial charge on any atom is 0.290 e. The van der Waals surface area contributed by atoms with E-state index in [0.717, 1.165) is 49.6 Å². The molecule has 0 spiro atoms. The molecule has 1 heterocycles. The number of nitro benzene ring substituents is 1. The smallest absolute Gasteiger partial charge is 0.290 e. The van der Waals surface area contributed by atoms with Gasteiger partial charge in [-0.25, -0.2) is 0 Å². The van der Waals surface area contributed by atoms with Gasteiger partial charge in [0, 0.05) is 49.4 Å². The Balaban J connectivity index is -0.000000761. The van der Waals surface area contributed by atoms with Gasteiger partial charge < -0.3 is 42.5 Å². The molecule has 1 atom stereocenters. The summed E-state index contributed by atoms with van der Waals surface area (Å²) in [5.74, 6) is 0.0574. The number of unbranched alkanes of at least 4 members (excludes halogenated alkanes) is 4. The van der Waals surface area contributed by atoms with E-state index in [9.17, 15) is 34.1 Å². The second-order valence-corrected chi connectivity index (χ2v) is 11.4. The van der Waals surface area contributed by atoms with Crippen molar-refractivity contribution in [3.63, 3.8) is 0 Å². The molecule has 2 aromatic carbocycles. The standard InChI is InChI=1S/C18H21N3O4.C10H13NO3.C6H14N2O.C2H6.CH3NO.CH2O2/c19-12-2-1-3-18(22)20-15-6-4-14(5-7-15)13-25-17-10-8-16(9-11-17)21(23)24;12-8-4-2-1-3-7-11-9(13)5-6-10(11)14;1-4(2)5(8-3)6(7)9;1-2;2*2-1-3/h4-11H,1-3,12-13,19H2,(H,20,22);5-6,8H,1-4,7H2;4-5,8H,1-3H3,(H2,7,9);1-2H3;1H,(H2,2,3);1H,(H,2,3). The molecule has 18 nitrogen and oxygen atoms in total. The third-order valence-corrected chi connectivity index (χ3v) is 6.94. The van der Waals surface area contributed by atoms with Gasteiger partial charge in [0.15, 0.2) is 0 Å². The summed E-state index contributed by atoms with van der Waals surface area (Å²) in [6.45, 7) is 9.04. The summed E-state index contributed by atoms with van der Waals surface area (Å²) in [5.41, 5.74) is 16.3. The van der Waals surface area contributed by atoms with Crippen molar-refractivity contribution in [1.82, 2.24) is 10.2 Å². The normalized spacial score (nSPS) is 11.2. The van der Waals surface area contributed by atoms with Crippen LogP contribution in [0.15, 0.2) is 60.7 Å². The second kappa shape index (κ2) is 36.0. The Hall–Kier alpha value is -6.01. The number of benzene rings is 2. The molecule has 0 aromatic heterocycles. The number of likely N-dealkylation sites (N-methyl/N-ethyl adjacent to an activating group) is 1. The fourth-order valence-corrected chi connectivity index (χ4v) is 4.30. The van der Waals surface area contributed by atoms with Gasteiger partial charge in [-0.05, 0) is 75.0 Å². The summed E-state index contributed by atoms with van der Waals surface area (Å²) in [4.78, 5) is 82.7. The lowest BCUT2D eigenvalue weighted by molar-refractivity contribution is -0.384. The maximum absolute atomic E-state index is 11.7. The number of carbonyl (C=O) groups excluding carboxylic acids is 6. The summed E-state index contributed by atoms with van der Waals surface area (Å²) in [7, 11) is 1.73.